The van der Waals surface area contributed by atoms with E-state index in [0.29, 0.717) is 30.4 Å². The highest BCUT2D eigenvalue weighted by Gasteiger charge is 2.19. The second kappa shape index (κ2) is 8.02. The Labute approximate surface area is 167 Å². The summed E-state index contributed by atoms with van der Waals surface area (Å²) in [6, 6.07) is 11.0. The van der Waals surface area contributed by atoms with Crippen LogP contribution in [0.2, 0.25) is 0 Å². The smallest absolute Gasteiger partial charge is 0.266 e. The molecule has 1 aromatic carbocycles. The number of ether oxygens (including phenoxy) is 2. The molecule has 2 aromatic heterocycles. The maximum absolute atomic E-state index is 12.6. The minimum absolute atomic E-state index is 0.000174. The summed E-state index contributed by atoms with van der Waals surface area (Å²) < 4.78 is 39.6. The third-order valence-electron chi connectivity index (χ3n) is 4.26. The van der Waals surface area contributed by atoms with Gasteiger partial charge in [-0.1, -0.05) is 0 Å². The number of nitrogens with zero attached hydrogens (tertiary/aromatic N) is 3. The van der Waals surface area contributed by atoms with Gasteiger partial charge in [0, 0.05) is 36.6 Å². The summed E-state index contributed by atoms with van der Waals surface area (Å²) >= 11 is 0. The van der Waals surface area contributed by atoms with E-state index < -0.39 is 10.0 Å². The number of hydrogen-bond acceptors (Lipinski definition) is 7. The van der Waals surface area contributed by atoms with Crippen molar-refractivity contribution in [3.8, 4) is 22.8 Å². The lowest BCUT2D eigenvalue weighted by Crippen LogP contribution is -2.32. The van der Waals surface area contributed by atoms with E-state index in [4.69, 9.17) is 9.47 Å². The topological polar surface area (TPSA) is 112 Å². The van der Waals surface area contributed by atoms with E-state index in [1.807, 2.05) is 6.07 Å². The molecule has 0 saturated carbocycles. The molecule has 0 unspecified atom stereocenters. The van der Waals surface area contributed by atoms with Gasteiger partial charge in [0.1, 0.15) is 13.2 Å². The Morgan fingerprint density at radius 1 is 1.07 bits per heavy atom. The Morgan fingerprint density at radius 3 is 2.69 bits per heavy atom. The van der Waals surface area contributed by atoms with Crippen molar-refractivity contribution in [1.29, 1.82) is 0 Å². The van der Waals surface area contributed by atoms with E-state index in [2.05, 4.69) is 14.8 Å². The fourth-order valence-electron chi connectivity index (χ4n) is 2.84. The molecule has 0 spiro atoms. The Balaban J connectivity index is 1.46. The SMILES string of the molecule is O=c1ccc(-c2cccnc2)nn1CCNS(=O)(=O)c1ccc2c(c1)OCCO2. The van der Waals surface area contributed by atoms with Crippen molar-refractivity contribution >= 4 is 10.0 Å². The summed E-state index contributed by atoms with van der Waals surface area (Å²) in [6.07, 6.45) is 3.29. The fraction of sp³-hybridized carbons (Fsp3) is 0.211. The van der Waals surface area contributed by atoms with Gasteiger partial charge in [0.15, 0.2) is 11.5 Å². The van der Waals surface area contributed by atoms with Gasteiger partial charge in [-0.3, -0.25) is 9.78 Å². The lowest BCUT2D eigenvalue weighted by molar-refractivity contribution is 0.171. The van der Waals surface area contributed by atoms with Crippen molar-refractivity contribution in [3.63, 3.8) is 0 Å². The van der Waals surface area contributed by atoms with Crippen molar-refractivity contribution in [2.24, 2.45) is 0 Å². The zero-order valence-electron chi connectivity index (χ0n) is 15.3. The summed E-state index contributed by atoms with van der Waals surface area (Å²) in [5.41, 5.74) is 1.02. The summed E-state index contributed by atoms with van der Waals surface area (Å²) in [5, 5.41) is 4.29. The van der Waals surface area contributed by atoms with Gasteiger partial charge in [-0.15, -0.1) is 0 Å². The second-order valence-electron chi connectivity index (χ2n) is 6.22. The van der Waals surface area contributed by atoms with Crippen LogP contribution in [-0.2, 0) is 16.6 Å². The Morgan fingerprint density at radius 2 is 1.90 bits per heavy atom. The van der Waals surface area contributed by atoms with E-state index in [1.165, 1.54) is 22.9 Å². The molecule has 3 aromatic rings. The number of aromatic nitrogens is 3. The van der Waals surface area contributed by atoms with Gasteiger partial charge in [0.25, 0.3) is 5.56 Å². The molecule has 0 bridgehead atoms. The monoisotopic (exact) mass is 414 g/mol. The number of pyridine rings is 1. The highest BCUT2D eigenvalue weighted by atomic mass is 32.2. The molecule has 1 aliphatic rings. The summed E-state index contributed by atoms with van der Waals surface area (Å²) in [6.45, 7) is 0.875. The summed E-state index contributed by atoms with van der Waals surface area (Å²) in [5.74, 6) is 0.902. The normalized spacial score (nSPS) is 13.2. The van der Waals surface area contributed by atoms with Crippen LogP contribution < -0.4 is 19.8 Å². The van der Waals surface area contributed by atoms with Crippen LogP contribution in [0.5, 0.6) is 11.5 Å². The van der Waals surface area contributed by atoms with Crippen molar-refractivity contribution in [2.45, 2.75) is 11.4 Å². The predicted octanol–water partition coefficient (Wildman–Crippen LogP) is 1.05. The molecule has 4 rings (SSSR count). The summed E-state index contributed by atoms with van der Waals surface area (Å²) in [7, 11) is -3.78. The maximum atomic E-state index is 12.6. The van der Waals surface area contributed by atoms with Crippen molar-refractivity contribution < 1.29 is 17.9 Å². The van der Waals surface area contributed by atoms with E-state index in [1.54, 1.807) is 30.6 Å². The third kappa shape index (κ3) is 4.28. The Hall–Kier alpha value is -3.24. The molecule has 0 atom stereocenters. The van der Waals surface area contributed by atoms with Crippen molar-refractivity contribution in [3.05, 3.63) is 65.2 Å². The van der Waals surface area contributed by atoms with Gasteiger partial charge in [0.05, 0.1) is 17.1 Å². The van der Waals surface area contributed by atoms with Crippen molar-refractivity contribution in [2.75, 3.05) is 19.8 Å². The first-order valence-corrected chi connectivity index (χ1v) is 10.4. The zero-order valence-corrected chi connectivity index (χ0v) is 16.1. The fourth-order valence-corrected chi connectivity index (χ4v) is 3.87. The van der Waals surface area contributed by atoms with Gasteiger partial charge in [-0.25, -0.2) is 17.8 Å². The molecular weight excluding hydrogens is 396 g/mol. The van der Waals surface area contributed by atoms with E-state index in [9.17, 15) is 13.2 Å². The Kier molecular flexibility index (Phi) is 5.28. The average Bonchev–Trinajstić information content (AvgIpc) is 2.75. The molecule has 29 heavy (non-hydrogen) atoms. The molecule has 1 aliphatic heterocycles. The van der Waals surface area contributed by atoms with Crippen molar-refractivity contribution in [1.82, 2.24) is 19.5 Å². The molecule has 0 radical (unpaired) electrons. The van der Waals surface area contributed by atoms with Crippen LogP contribution in [-0.4, -0.2) is 42.9 Å². The third-order valence-corrected chi connectivity index (χ3v) is 5.72. The van der Waals surface area contributed by atoms with E-state index in [-0.39, 0.29) is 23.5 Å². The summed E-state index contributed by atoms with van der Waals surface area (Å²) in [4.78, 5) is 16.2. The zero-order chi connectivity index (χ0) is 20.3. The molecule has 0 amide bonds. The molecule has 3 heterocycles. The first-order valence-electron chi connectivity index (χ1n) is 8.91. The van der Waals surface area contributed by atoms with Crippen LogP contribution in [0.3, 0.4) is 0 Å². The van der Waals surface area contributed by atoms with Crippen LogP contribution in [0.15, 0.2) is 64.5 Å². The van der Waals surface area contributed by atoms with Gasteiger partial charge < -0.3 is 9.47 Å². The number of benzene rings is 1. The number of rotatable bonds is 6. The lowest BCUT2D eigenvalue weighted by atomic mass is 10.2. The molecule has 0 aliphatic carbocycles. The quantitative estimate of drug-likeness (QED) is 0.642. The largest absolute Gasteiger partial charge is 0.486 e. The first-order chi connectivity index (χ1) is 14.0. The van der Waals surface area contributed by atoms with Gasteiger partial charge >= 0.3 is 0 Å². The molecule has 0 fully saturated rings. The average molecular weight is 414 g/mol. The Bertz CT molecular complexity index is 1180. The predicted molar refractivity (Wildman–Crippen MR) is 104 cm³/mol. The van der Waals surface area contributed by atoms with E-state index >= 15 is 0 Å². The maximum Gasteiger partial charge on any atom is 0.266 e. The molecular formula is C19H18N4O5S. The molecule has 0 saturated heterocycles. The lowest BCUT2D eigenvalue weighted by Gasteiger charge is -2.19. The highest BCUT2D eigenvalue weighted by molar-refractivity contribution is 7.89. The van der Waals surface area contributed by atoms with Crippen LogP contribution in [0.25, 0.3) is 11.3 Å². The highest BCUT2D eigenvalue weighted by Crippen LogP contribution is 2.32. The number of sulfonamides is 1. The second-order valence-corrected chi connectivity index (χ2v) is 7.99. The van der Waals surface area contributed by atoms with Gasteiger partial charge in [-0.05, 0) is 30.3 Å². The minimum atomic E-state index is -3.78. The first kappa shape index (κ1) is 19.1. The molecule has 1 N–H and O–H groups in total. The van der Waals surface area contributed by atoms with Crippen LogP contribution in [0.4, 0.5) is 0 Å². The standard InChI is InChI=1S/C19H18N4O5S/c24-19-6-4-16(14-2-1-7-20-13-14)22-23(19)9-8-21-29(25,26)15-3-5-17-18(12-15)28-11-10-27-17/h1-7,12-13,21H,8-11H2. The van der Waals surface area contributed by atoms with Gasteiger partial charge in [0.2, 0.25) is 10.0 Å². The van der Waals surface area contributed by atoms with E-state index in [0.717, 1.165) is 5.56 Å². The number of fused-ring (bicyclic) bond motifs is 1. The molecule has 10 heteroatoms. The molecule has 9 nitrogen and oxygen atoms in total. The number of nitrogens with one attached hydrogen (secondary N) is 1. The van der Waals surface area contributed by atoms with Crippen LogP contribution in [0.1, 0.15) is 0 Å². The minimum Gasteiger partial charge on any atom is -0.486 e. The van der Waals surface area contributed by atoms with Crippen LogP contribution in [0, 0.1) is 0 Å². The number of hydrogen-bond donors (Lipinski definition) is 1. The van der Waals surface area contributed by atoms with Crippen LogP contribution >= 0.6 is 0 Å². The molecule has 150 valence electrons. The van der Waals surface area contributed by atoms with Gasteiger partial charge in [-0.2, -0.15) is 5.10 Å².